The van der Waals surface area contributed by atoms with E-state index in [0.717, 1.165) is 0 Å². The van der Waals surface area contributed by atoms with Gasteiger partial charge in [-0.15, -0.1) is 0 Å². The van der Waals surface area contributed by atoms with Crippen LogP contribution in [0.3, 0.4) is 0 Å². The molecular weight excluding hydrogens is 256 g/mol. The van der Waals surface area contributed by atoms with Crippen LogP contribution < -0.4 is 9.13 Å². The summed E-state index contributed by atoms with van der Waals surface area (Å²) in [6.07, 6.45) is 13.9. The summed E-state index contributed by atoms with van der Waals surface area (Å²) in [5.74, 6) is 0. The molecule has 21 heavy (non-hydrogen) atoms. The lowest BCUT2D eigenvalue weighted by molar-refractivity contribution is -0.672. The van der Waals surface area contributed by atoms with Gasteiger partial charge >= 0.3 is 0 Å². The summed E-state index contributed by atoms with van der Waals surface area (Å²) in [6, 6.07) is 4.59. The Bertz CT molecular complexity index is 614. The summed E-state index contributed by atoms with van der Waals surface area (Å²) >= 11 is 0. The summed E-state index contributed by atoms with van der Waals surface area (Å²) in [6.45, 7) is 4.61. The lowest BCUT2D eigenvalue weighted by Gasteiger charge is -2.29. The molecule has 0 atom stereocenters. The first-order valence-electron chi connectivity index (χ1n) is 8.12. The molecule has 2 nitrogen and oxygen atoms in total. The molecule has 0 bridgehead atoms. The summed E-state index contributed by atoms with van der Waals surface area (Å²) in [4.78, 5) is 0. The first kappa shape index (κ1) is 14.2. The van der Waals surface area contributed by atoms with Crippen molar-refractivity contribution < 1.29 is 9.13 Å². The number of fused-ring (bicyclic) bond motifs is 3. The van der Waals surface area contributed by atoms with Crippen molar-refractivity contribution in [2.24, 2.45) is 14.1 Å². The second-order valence-electron chi connectivity index (χ2n) is 6.46. The van der Waals surface area contributed by atoms with E-state index in [1.807, 2.05) is 0 Å². The number of pyridine rings is 2. The van der Waals surface area contributed by atoms with E-state index < -0.39 is 0 Å². The van der Waals surface area contributed by atoms with Crippen molar-refractivity contribution in [3.63, 3.8) is 0 Å². The molecule has 3 rings (SSSR count). The minimum absolute atomic E-state index is 0.201. The van der Waals surface area contributed by atoms with Crippen LogP contribution in [0.5, 0.6) is 0 Å². The quantitative estimate of drug-likeness (QED) is 0.761. The third-order valence-corrected chi connectivity index (χ3v) is 4.87. The molecule has 110 valence electrons. The van der Waals surface area contributed by atoms with Crippen LogP contribution in [0.1, 0.15) is 50.7 Å². The Morgan fingerprint density at radius 3 is 1.62 bits per heavy atom. The Balaban J connectivity index is 2.32. The molecule has 2 heteroatoms. The highest BCUT2D eigenvalue weighted by Gasteiger charge is 2.45. The monoisotopic (exact) mass is 282 g/mol. The molecule has 0 saturated heterocycles. The second kappa shape index (κ2) is 5.25. The maximum Gasteiger partial charge on any atom is 0.173 e. The number of nitrogens with zero attached hydrogens (tertiary/aromatic N) is 2. The fraction of sp³-hybridized carbons (Fsp3) is 0.474. The normalized spacial score (nSPS) is 14.9. The highest BCUT2D eigenvalue weighted by Crippen LogP contribution is 2.52. The molecule has 0 aromatic carbocycles. The smallest absolute Gasteiger partial charge is 0.173 e. The molecule has 0 spiro atoms. The van der Waals surface area contributed by atoms with Crippen LogP contribution in [0.25, 0.3) is 11.1 Å². The Morgan fingerprint density at radius 2 is 1.24 bits per heavy atom. The zero-order valence-electron chi connectivity index (χ0n) is 13.7. The first-order chi connectivity index (χ1) is 10.1. The number of hydrogen-bond acceptors (Lipinski definition) is 0. The van der Waals surface area contributed by atoms with E-state index in [1.165, 1.54) is 47.9 Å². The summed E-state index contributed by atoms with van der Waals surface area (Å²) in [7, 11) is 4.26. The zero-order valence-corrected chi connectivity index (χ0v) is 13.7. The number of rotatable bonds is 4. The van der Waals surface area contributed by atoms with Crippen molar-refractivity contribution in [2.45, 2.75) is 44.9 Å². The van der Waals surface area contributed by atoms with Crippen molar-refractivity contribution in [1.82, 2.24) is 0 Å². The number of aromatic nitrogens is 2. The van der Waals surface area contributed by atoms with Crippen molar-refractivity contribution >= 4 is 0 Å². The van der Waals surface area contributed by atoms with Gasteiger partial charge in [-0.25, -0.2) is 9.13 Å². The highest BCUT2D eigenvalue weighted by atomic mass is 14.9. The number of hydrogen-bond donors (Lipinski definition) is 0. The predicted molar refractivity (Wildman–Crippen MR) is 84.8 cm³/mol. The van der Waals surface area contributed by atoms with E-state index in [0.29, 0.717) is 0 Å². The van der Waals surface area contributed by atoms with Crippen LogP contribution in [0, 0.1) is 0 Å². The molecule has 0 saturated carbocycles. The molecule has 0 aliphatic heterocycles. The largest absolute Gasteiger partial charge is 0.207 e. The van der Waals surface area contributed by atoms with Crippen LogP contribution in [0.4, 0.5) is 0 Å². The van der Waals surface area contributed by atoms with Gasteiger partial charge in [0.25, 0.3) is 0 Å². The second-order valence-corrected chi connectivity index (χ2v) is 6.46. The Morgan fingerprint density at radius 1 is 0.810 bits per heavy atom. The van der Waals surface area contributed by atoms with Gasteiger partial charge in [0, 0.05) is 28.7 Å². The average Bonchev–Trinajstić information content (AvgIpc) is 2.70. The molecule has 2 aromatic rings. The summed E-state index contributed by atoms with van der Waals surface area (Å²) < 4.78 is 4.40. The molecule has 0 fully saturated rings. The molecule has 0 radical (unpaired) electrons. The molecule has 0 unspecified atom stereocenters. The Labute approximate surface area is 128 Å². The van der Waals surface area contributed by atoms with Gasteiger partial charge in [0.15, 0.2) is 24.8 Å². The van der Waals surface area contributed by atoms with E-state index >= 15 is 0 Å². The lowest BCUT2D eigenvalue weighted by atomic mass is 9.72. The fourth-order valence-corrected chi connectivity index (χ4v) is 4.09. The molecule has 0 N–H and O–H groups in total. The topological polar surface area (TPSA) is 7.76 Å². The standard InChI is InChI=1S/C19H26N2/c1-5-9-19(10-6-2)17-13-20(3)11-7-15(17)16-8-12-21(4)14-18(16)19/h7-8,11-14H,5-6,9-10H2,1-4H3/q+2. The van der Waals surface area contributed by atoms with Gasteiger partial charge in [0.1, 0.15) is 14.1 Å². The van der Waals surface area contributed by atoms with Crippen LogP contribution in [0.2, 0.25) is 0 Å². The van der Waals surface area contributed by atoms with E-state index in [2.05, 4.69) is 74.0 Å². The van der Waals surface area contributed by atoms with Crippen LogP contribution in [0.15, 0.2) is 36.9 Å². The van der Waals surface area contributed by atoms with Crippen LogP contribution >= 0.6 is 0 Å². The minimum Gasteiger partial charge on any atom is -0.207 e. The van der Waals surface area contributed by atoms with Gasteiger partial charge in [-0.2, -0.15) is 0 Å². The zero-order chi connectivity index (χ0) is 15.0. The summed E-state index contributed by atoms with van der Waals surface area (Å²) in [5.41, 5.74) is 6.12. The predicted octanol–water partition coefficient (Wildman–Crippen LogP) is 3.20. The number of aryl methyl sites for hydroxylation is 2. The molecular formula is C19H26N2+2. The SMILES string of the molecule is CCCC1(CCC)c2c[n+](C)ccc2-c2cc[n+](C)cc21. The van der Waals surface area contributed by atoms with E-state index in [9.17, 15) is 0 Å². The van der Waals surface area contributed by atoms with Crippen molar-refractivity contribution in [2.75, 3.05) is 0 Å². The Kier molecular flexibility index (Phi) is 3.56. The highest BCUT2D eigenvalue weighted by molar-refractivity contribution is 5.79. The minimum atomic E-state index is 0.201. The van der Waals surface area contributed by atoms with Gasteiger partial charge in [0.2, 0.25) is 0 Å². The van der Waals surface area contributed by atoms with Gasteiger partial charge in [-0.1, -0.05) is 26.7 Å². The third kappa shape index (κ3) is 2.08. The lowest BCUT2D eigenvalue weighted by Crippen LogP contribution is -2.34. The molecule has 1 aliphatic carbocycles. The van der Waals surface area contributed by atoms with Gasteiger partial charge in [0.05, 0.1) is 0 Å². The van der Waals surface area contributed by atoms with E-state index in [-0.39, 0.29) is 5.41 Å². The van der Waals surface area contributed by atoms with Crippen molar-refractivity contribution in [1.29, 1.82) is 0 Å². The van der Waals surface area contributed by atoms with E-state index in [1.54, 1.807) is 0 Å². The Hall–Kier alpha value is -1.70. The van der Waals surface area contributed by atoms with Crippen LogP contribution in [-0.2, 0) is 19.5 Å². The van der Waals surface area contributed by atoms with E-state index in [4.69, 9.17) is 0 Å². The van der Waals surface area contributed by atoms with Gasteiger partial charge in [-0.05, 0) is 24.0 Å². The maximum atomic E-state index is 2.35. The van der Waals surface area contributed by atoms with Gasteiger partial charge < -0.3 is 0 Å². The van der Waals surface area contributed by atoms with Crippen molar-refractivity contribution in [3.8, 4) is 11.1 Å². The van der Waals surface area contributed by atoms with Gasteiger partial charge in [-0.3, -0.25) is 0 Å². The first-order valence-corrected chi connectivity index (χ1v) is 8.12. The molecule has 2 aromatic heterocycles. The molecule has 0 amide bonds. The maximum absolute atomic E-state index is 2.35. The van der Waals surface area contributed by atoms with Crippen LogP contribution in [-0.4, -0.2) is 0 Å². The average molecular weight is 282 g/mol. The summed E-state index contributed by atoms with van der Waals surface area (Å²) in [5, 5.41) is 0. The van der Waals surface area contributed by atoms with Crippen molar-refractivity contribution in [3.05, 3.63) is 48.0 Å². The molecule has 2 heterocycles. The fourth-order valence-electron chi connectivity index (χ4n) is 4.09. The third-order valence-electron chi connectivity index (χ3n) is 4.87. The molecule has 1 aliphatic rings.